The Kier molecular flexibility index (Phi) is 10.2. The minimum Gasteiger partial charge on any atom is -0.462 e. The van der Waals surface area contributed by atoms with E-state index in [9.17, 15) is 14.5 Å². The highest BCUT2D eigenvalue weighted by Gasteiger charge is 2.57. The molecule has 0 amide bonds. The lowest BCUT2D eigenvalue weighted by atomic mass is 9.99. The topological polar surface area (TPSA) is 185 Å². The monoisotopic (exact) mass is 669 g/mol. The Hall–Kier alpha value is -3.07. The summed E-state index contributed by atoms with van der Waals surface area (Å²) in [6, 6.07) is 7.18. The van der Waals surface area contributed by atoms with E-state index >= 15 is 4.39 Å². The van der Waals surface area contributed by atoms with Crippen molar-refractivity contribution >= 4 is 48.2 Å². The molecule has 3 heterocycles. The van der Waals surface area contributed by atoms with Crippen molar-refractivity contribution in [1.29, 1.82) is 0 Å². The van der Waals surface area contributed by atoms with E-state index < -0.39 is 62.5 Å². The summed E-state index contributed by atoms with van der Waals surface area (Å²) >= 11 is 6.28. The Balaban J connectivity index is 1.39. The molecule has 1 saturated carbocycles. The van der Waals surface area contributed by atoms with Crippen LogP contribution in [-0.4, -0.2) is 79.1 Å². The van der Waals surface area contributed by atoms with Crippen LogP contribution in [0.25, 0.3) is 11.2 Å². The van der Waals surface area contributed by atoms with Crippen molar-refractivity contribution in [3.8, 4) is 5.75 Å². The number of carbonyl (C=O) groups excluding carboxylic acids is 1. The molecule has 2 fully saturated rings. The number of para-hydroxylation sites is 1. The van der Waals surface area contributed by atoms with E-state index in [-0.39, 0.29) is 23.4 Å². The number of fused-ring (bicyclic) bond motifs is 1. The molecule has 0 spiro atoms. The summed E-state index contributed by atoms with van der Waals surface area (Å²) in [6.07, 6.45) is -0.296. The van der Waals surface area contributed by atoms with Gasteiger partial charge in [-0.2, -0.15) is 15.1 Å². The molecule has 0 radical (unpaired) electrons. The molecule has 2 aliphatic rings. The molecule has 1 aromatic carbocycles. The number of hydrogen-bond donors (Lipinski definition) is 4. The number of nitrogens with one attached hydrogen (secondary N) is 2. The number of benzene rings is 1. The maximum absolute atomic E-state index is 15.9. The number of anilines is 2. The van der Waals surface area contributed by atoms with Crippen molar-refractivity contribution in [2.45, 2.75) is 88.7 Å². The van der Waals surface area contributed by atoms with E-state index in [0.29, 0.717) is 11.3 Å². The van der Waals surface area contributed by atoms with Crippen LogP contribution in [0.3, 0.4) is 0 Å². The molecular formula is C28H38ClFN7O7P. The molecule has 1 saturated heterocycles. The number of nitrogens with zero attached hydrogens (tertiary/aromatic N) is 4. The maximum atomic E-state index is 15.9. The van der Waals surface area contributed by atoms with Crippen LogP contribution in [0.4, 0.5) is 16.2 Å². The largest absolute Gasteiger partial charge is 0.462 e. The van der Waals surface area contributed by atoms with Crippen LogP contribution >= 0.6 is 19.3 Å². The molecule has 246 valence electrons. The fourth-order valence-electron chi connectivity index (χ4n) is 5.31. The third kappa shape index (κ3) is 7.34. The molecule has 5 rings (SSSR count). The number of aliphatic hydroxyl groups is 1. The van der Waals surface area contributed by atoms with E-state index in [0.717, 1.165) is 25.7 Å². The molecule has 5 N–H and O–H groups in total. The number of aromatic nitrogens is 4. The van der Waals surface area contributed by atoms with Crippen LogP contribution in [0.15, 0.2) is 36.7 Å². The van der Waals surface area contributed by atoms with Gasteiger partial charge in [0.15, 0.2) is 29.4 Å². The maximum Gasteiger partial charge on any atom is 0.459 e. The molecule has 45 heavy (non-hydrogen) atoms. The minimum atomic E-state index is -4.38. The van der Waals surface area contributed by atoms with E-state index in [4.69, 9.17) is 35.9 Å². The van der Waals surface area contributed by atoms with E-state index in [1.165, 1.54) is 30.0 Å². The summed E-state index contributed by atoms with van der Waals surface area (Å²) in [7, 11) is -4.38. The molecule has 17 heteroatoms. The van der Waals surface area contributed by atoms with Gasteiger partial charge in [-0.05, 0) is 45.7 Å². The number of esters is 1. The first kappa shape index (κ1) is 33.3. The fourth-order valence-corrected chi connectivity index (χ4v) is 7.16. The predicted molar refractivity (Wildman–Crippen MR) is 165 cm³/mol. The van der Waals surface area contributed by atoms with Gasteiger partial charge in [0.05, 0.1) is 24.9 Å². The van der Waals surface area contributed by atoms with E-state index in [2.05, 4.69) is 25.4 Å². The van der Waals surface area contributed by atoms with Crippen LogP contribution in [0.5, 0.6) is 5.75 Å². The summed E-state index contributed by atoms with van der Waals surface area (Å²) in [5.41, 5.74) is 4.64. The van der Waals surface area contributed by atoms with Gasteiger partial charge in [-0.1, -0.05) is 31.0 Å². The van der Waals surface area contributed by atoms with Gasteiger partial charge in [0.1, 0.15) is 23.5 Å². The molecular weight excluding hydrogens is 632 g/mol. The van der Waals surface area contributed by atoms with Gasteiger partial charge in [-0.25, -0.2) is 13.9 Å². The predicted octanol–water partition coefficient (Wildman–Crippen LogP) is 4.10. The lowest BCUT2D eigenvalue weighted by Gasteiger charge is -2.31. The highest BCUT2D eigenvalue weighted by atomic mass is 35.5. The van der Waals surface area contributed by atoms with Crippen LogP contribution in [0.2, 0.25) is 0 Å². The van der Waals surface area contributed by atoms with Crippen LogP contribution < -0.4 is 20.7 Å². The molecule has 14 nitrogen and oxygen atoms in total. The SMILES string of the molecule is CC(C)OC(=O)[C@H](C)N[P@@](=O)(OC[C@@]1(CCl)O[C@@H](n2cnc3c(NC4CCCC4)nc(N)nc32)[C@@H](F)[C@@H]1O)Oc1ccccc1. The number of ether oxygens (including phenoxy) is 2. The summed E-state index contributed by atoms with van der Waals surface area (Å²) in [4.78, 5) is 25.5. The molecule has 2 aromatic heterocycles. The quantitative estimate of drug-likeness (QED) is 0.116. The molecule has 1 aliphatic carbocycles. The lowest BCUT2D eigenvalue weighted by molar-refractivity contribution is -0.149. The van der Waals surface area contributed by atoms with Gasteiger partial charge in [-0.3, -0.25) is 13.9 Å². The fraction of sp³-hybridized carbons (Fsp3) is 0.571. The van der Waals surface area contributed by atoms with Gasteiger partial charge in [0.25, 0.3) is 0 Å². The number of alkyl halides is 2. The number of halogens is 2. The number of carbonyl (C=O) groups is 1. The zero-order valence-corrected chi connectivity index (χ0v) is 26.8. The van der Waals surface area contributed by atoms with Crippen molar-refractivity contribution in [2.75, 3.05) is 23.5 Å². The Morgan fingerprint density at radius 1 is 1.27 bits per heavy atom. The van der Waals surface area contributed by atoms with Crippen molar-refractivity contribution in [1.82, 2.24) is 24.6 Å². The van der Waals surface area contributed by atoms with Gasteiger partial charge in [0.2, 0.25) is 5.95 Å². The third-order valence-corrected chi connectivity index (χ3v) is 9.68. The van der Waals surface area contributed by atoms with Gasteiger partial charge in [0, 0.05) is 6.04 Å². The number of aliphatic hydroxyl groups excluding tert-OH is 1. The van der Waals surface area contributed by atoms with Gasteiger partial charge < -0.3 is 30.2 Å². The number of rotatable bonds is 13. The van der Waals surface area contributed by atoms with E-state index in [1.807, 2.05) is 0 Å². The second-order valence-electron chi connectivity index (χ2n) is 11.5. The van der Waals surface area contributed by atoms with Crippen LogP contribution in [0, 0.1) is 0 Å². The number of nitrogens with two attached hydrogens (primary N) is 1. The summed E-state index contributed by atoms with van der Waals surface area (Å²) < 4.78 is 53.8. The van der Waals surface area contributed by atoms with Crippen molar-refractivity contribution in [3.05, 3.63) is 36.7 Å². The van der Waals surface area contributed by atoms with Gasteiger partial charge in [-0.15, -0.1) is 11.6 Å². The molecule has 3 aromatic rings. The highest BCUT2D eigenvalue weighted by Crippen LogP contribution is 2.49. The smallest absolute Gasteiger partial charge is 0.459 e. The summed E-state index contributed by atoms with van der Waals surface area (Å²) in [5.74, 6) is -0.635. The van der Waals surface area contributed by atoms with Crippen LogP contribution in [-0.2, 0) is 23.4 Å². The van der Waals surface area contributed by atoms with Crippen LogP contribution in [0.1, 0.15) is 52.7 Å². The van der Waals surface area contributed by atoms with E-state index in [1.54, 1.807) is 32.0 Å². The third-order valence-electron chi connectivity index (χ3n) is 7.61. The Morgan fingerprint density at radius 2 is 1.98 bits per heavy atom. The minimum absolute atomic E-state index is 0.0548. The second kappa shape index (κ2) is 13.7. The Labute approximate surface area is 264 Å². The second-order valence-corrected chi connectivity index (χ2v) is 13.4. The summed E-state index contributed by atoms with van der Waals surface area (Å²) in [5, 5.41) is 17.0. The van der Waals surface area contributed by atoms with Crippen molar-refractivity contribution in [3.63, 3.8) is 0 Å². The molecule has 0 unspecified atom stereocenters. The number of imidazole rings is 1. The standard InChI is InChI=1S/C28H38ClFN7O7P/c1-16(2)42-26(39)17(3)36-45(40,44-19-11-5-4-6-12-19)41-14-28(13-29)22(38)20(30)25(43-28)37-15-32-21-23(33-18-9-7-8-10-18)34-27(31)35-24(21)37/h4-6,11-12,15-18,20,22,25,38H,7-10,13-14H2,1-3H3,(H,36,40)(H3,31,33,34,35)/t17-,20-,22-,25+,28+,45+/m0/s1. The summed E-state index contributed by atoms with van der Waals surface area (Å²) in [6.45, 7) is 4.08. The zero-order valence-electron chi connectivity index (χ0n) is 25.1. The highest BCUT2D eigenvalue weighted by molar-refractivity contribution is 7.52. The molecule has 6 atom stereocenters. The zero-order chi connectivity index (χ0) is 32.4. The Bertz CT molecular complexity index is 1530. The lowest BCUT2D eigenvalue weighted by Crippen LogP contribution is -2.48. The number of hydrogen-bond acceptors (Lipinski definition) is 12. The molecule has 1 aliphatic heterocycles. The first-order valence-electron chi connectivity index (χ1n) is 14.7. The first-order chi connectivity index (χ1) is 21.4. The Morgan fingerprint density at radius 3 is 2.64 bits per heavy atom. The van der Waals surface area contributed by atoms with Crippen molar-refractivity contribution < 1.29 is 37.4 Å². The molecule has 0 bridgehead atoms. The normalized spacial score (nSPS) is 25.8. The average Bonchev–Trinajstić information content (AvgIpc) is 3.72. The van der Waals surface area contributed by atoms with Crippen molar-refractivity contribution in [2.24, 2.45) is 0 Å². The average molecular weight is 670 g/mol. The number of nitrogen functional groups attached to an aromatic ring is 1. The first-order valence-corrected chi connectivity index (χ1v) is 16.8. The van der Waals surface area contributed by atoms with Gasteiger partial charge >= 0.3 is 13.7 Å².